The monoisotopic (exact) mass is 365 g/mol. The number of sulfonamides is 1. The van der Waals surface area contributed by atoms with E-state index in [0.717, 1.165) is 12.1 Å². The highest BCUT2D eigenvalue weighted by atomic mass is 32.2. The Morgan fingerprint density at radius 1 is 1.20 bits per heavy atom. The lowest BCUT2D eigenvalue weighted by atomic mass is 9.86. The second kappa shape index (κ2) is 5.62. The Hall–Kier alpha value is -1.77. The summed E-state index contributed by atoms with van der Waals surface area (Å²) in [5.41, 5.74) is -1.13. The highest BCUT2D eigenvalue weighted by Gasteiger charge is 2.53. The zero-order valence-electron chi connectivity index (χ0n) is 13.8. The SMILES string of the molecule is Cn1ccnc1C1(O)CC2CCC(C1)N2S(=O)(=O)c1ccc(F)cc1. The first-order valence-corrected chi connectivity index (χ1v) is 9.74. The van der Waals surface area contributed by atoms with Crippen molar-refractivity contribution in [1.29, 1.82) is 0 Å². The van der Waals surface area contributed by atoms with Crippen LogP contribution in [-0.2, 0) is 22.7 Å². The van der Waals surface area contributed by atoms with Crippen molar-refractivity contribution in [3.63, 3.8) is 0 Å². The number of imidazole rings is 1. The molecule has 2 fully saturated rings. The van der Waals surface area contributed by atoms with Gasteiger partial charge < -0.3 is 9.67 Å². The number of fused-ring (bicyclic) bond motifs is 2. The molecule has 2 saturated heterocycles. The van der Waals surface area contributed by atoms with Crippen LogP contribution in [0.15, 0.2) is 41.6 Å². The molecule has 25 heavy (non-hydrogen) atoms. The van der Waals surface area contributed by atoms with E-state index >= 15 is 0 Å². The number of rotatable bonds is 3. The summed E-state index contributed by atoms with van der Waals surface area (Å²) < 4.78 is 42.5. The minimum Gasteiger partial charge on any atom is -0.382 e. The van der Waals surface area contributed by atoms with Crippen molar-refractivity contribution in [2.24, 2.45) is 7.05 Å². The zero-order valence-corrected chi connectivity index (χ0v) is 14.7. The number of hydrogen-bond donors (Lipinski definition) is 1. The molecule has 2 atom stereocenters. The molecule has 4 rings (SSSR count). The molecule has 0 radical (unpaired) electrons. The molecule has 2 bridgehead atoms. The number of aryl methyl sites for hydroxylation is 1. The number of hydrogen-bond acceptors (Lipinski definition) is 4. The van der Waals surface area contributed by atoms with Crippen LogP contribution in [0.3, 0.4) is 0 Å². The van der Waals surface area contributed by atoms with Crippen LogP contribution in [0, 0.1) is 5.82 Å². The molecule has 6 nitrogen and oxygen atoms in total. The average Bonchev–Trinajstić information content (AvgIpc) is 3.11. The van der Waals surface area contributed by atoms with Crippen LogP contribution in [0.5, 0.6) is 0 Å². The molecule has 1 N–H and O–H groups in total. The smallest absolute Gasteiger partial charge is 0.243 e. The maximum atomic E-state index is 13.1. The number of piperidine rings is 1. The molecular weight excluding hydrogens is 345 g/mol. The van der Waals surface area contributed by atoms with Gasteiger partial charge in [0.15, 0.2) is 0 Å². The summed E-state index contributed by atoms with van der Waals surface area (Å²) in [6, 6.07) is 4.34. The first kappa shape index (κ1) is 16.7. The van der Waals surface area contributed by atoms with E-state index in [2.05, 4.69) is 4.98 Å². The van der Waals surface area contributed by atoms with Crippen molar-refractivity contribution in [3.8, 4) is 0 Å². The van der Waals surface area contributed by atoms with E-state index in [9.17, 15) is 17.9 Å². The lowest BCUT2D eigenvalue weighted by molar-refractivity contribution is -0.0429. The molecule has 0 amide bonds. The van der Waals surface area contributed by atoms with Crippen LogP contribution in [0.25, 0.3) is 0 Å². The Kier molecular flexibility index (Phi) is 3.75. The van der Waals surface area contributed by atoms with Gasteiger partial charge in [0.1, 0.15) is 17.2 Å². The molecule has 1 aromatic heterocycles. The molecule has 8 heteroatoms. The standard InChI is InChI=1S/C17H20FN3O3S/c1-20-9-8-19-16(20)17(22)10-13-4-5-14(11-17)21(13)25(23,24)15-6-2-12(18)3-7-15/h2-3,6-9,13-14,22H,4-5,10-11H2,1H3. The summed E-state index contributed by atoms with van der Waals surface area (Å²) in [6.07, 6.45) is 5.45. The average molecular weight is 365 g/mol. The zero-order chi connectivity index (χ0) is 17.8. The van der Waals surface area contributed by atoms with Gasteiger partial charge in [-0.25, -0.2) is 17.8 Å². The number of aromatic nitrogens is 2. The van der Waals surface area contributed by atoms with E-state index < -0.39 is 21.4 Å². The Bertz CT molecular complexity index is 880. The van der Waals surface area contributed by atoms with Gasteiger partial charge in [0, 0.05) is 44.4 Å². The van der Waals surface area contributed by atoms with Gasteiger partial charge in [-0.1, -0.05) is 0 Å². The third-order valence-electron chi connectivity index (χ3n) is 5.33. The van der Waals surface area contributed by atoms with Gasteiger partial charge in [-0.15, -0.1) is 0 Å². The third-order valence-corrected chi connectivity index (χ3v) is 7.35. The van der Waals surface area contributed by atoms with E-state index in [1.165, 1.54) is 16.4 Å². The summed E-state index contributed by atoms with van der Waals surface area (Å²) in [4.78, 5) is 4.36. The van der Waals surface area contributed by atoms with Gasteiger partial charge in [0.05, 0.1) is 4.90 Å². The molecule has 2 aliphatic heterocycles. The van der Waals surface area contributed by atoms with E-state index in [1.807, 2.05) is 7.05 Å². The topological polar surface area (TPSA) is 75.4 Å². The van der Waals surface area contributed by atoms with Crippen LogP contribution in [0.2, 0.25) is 0 Å². The second-order valence-electron chi connectivity index (χ2n) is 6.98. The van der Waals surface area contributed by atoms with Crippen molar-refractivity contribution in [2.45, 2.75) is 48.3 Å². The minimum atomic E-state index is -3.72. The number of aliphatic hydroxyl groups is 1. The minimum absolute atomic E-state index is 0.0910. The van der Waals surface area contributed by atoms with Crippen LogP contribution >= 0.6 is 0 Å². The van der Waals surface area contributed by atoms with Gasteiger partial charge in [-0.05, 0) is 37.1 Å². The quantitative estimate of drug-likeness (QED) is 0.899. The fourth-order valence-electron chi connectivity index (χ4n) is 4.30. The van der Waals surface area contributed by atoms with Gasteiger partial charge in [-0.3, -0.25) is 0 Å². The summed E-state index contributed by atoms with van der Waals surface area (Å²) >= 11 is 0. The maximum Gasteiger partial charge on any atom is 0.243 e. The molecule has 134 valence electrons. The third kappa shape index (κ3) is 2.59. The maximum absolute atomic E-state index is 13.1. The summed E-state index contributed by atoms with van der Waals surface area (Å²) in [5.74, 6) is 0.105. The number of benzene rings is 1. The molecule has 2 aromatic rings. The van der Waals surface area contributed by atoms with Gasteiger partial charge in [-0.2, -0.15) is 4.31 Å². The summed E-state index contributed by atoms with van der Waals surface area (Å²) in [7, 11) is -1.89. The Morgan fingerprint density at radius 3 is 2.32 bits per heavy atom. The molecule has 1 aromatic carbocycles. The lowest BCUT2D eigenvalue weighted by Gasteiger charge is -2.42. The van der Waals surface area contributed by atoms with Crippen molar-refractivity contribution >= 4 is 10.0 Å². The predicted octanol–water partition coefficient (Wildman–Crippen LogP) is 1.76. The molecule has 2 unspecified atom stereocenters. The van der Waals surface area contributed by atoms with Crippen LogP contribution in [-0.4, -0.2) is 39.5 Å². The summed E-state index contributed by atoms with van der Waals surface area (Å²) in [5, 5.41) is 11.1. The largest absolute Gasteiger partial charge is 0.382 e. The van der Waals surface area contributed by atoms with Crippen LogP contribution in [0.4, 0.5) is 4.39 Å². The Morgan fingerprint density at radius 2 is 1.80 bits per heavy atom. The van der Waals surface area contributed by atoms with E-state index in [1.54, 1.807) is 17.0 Å². The second-order valence-corrected chi connectivity index (χ2v) is 8.82. The fraction of sp³-hybridized carbons (Fsp3) is 0.471. The first-order chi connectivity index (χ1) is 11.8. The normalized spacial score (nSPS) is 29.9. The molecule has 3 heterocycles. The van der Waals surface area contributed by atoms with Crippen molar-refractivity contribution < 1.29 is 17.9 Å². The number of nitrogens with zero attached hydrogens (tertiary/aromatic N) is 3. The molecular formula is C17H20FN3O3S. The lowest BCUT2D eigenvalue weighted by Crippen LogP contribution is -2.52. The molecule has 2 aliphatic rings. The van der Waals surface area contributed by atoms with Crippen molar-refractivity contribution in [1.82, 2.24) is 13.9 Å². The number of halogens is 1. The van der Waals surface area contributed by atoms with E-state index in [0.29, 0.717) is 31.5 Å². The Balaban J connectivity index is 1.67. The van der Waals surface area contributed by atoms with E-state index in [-0.39, 0.29) is 17.0 Å². The van der Waals surface area contributed by atoms with Crippen molar-refractivity contribution in [2.75, 3.05) is 0 Å². The first-order valence-electron chi connectivity index (χ1n) is 8.30. The molecule has 0 spiro atoms. The van der Waals surface area contributed by atoms with Crippen LogP contribution in [0.1, 0.15) is 31.5 Å². The van der Waals surface area contributed by atoms with Gasteiger partial charge in [0.2, 0.25) is 10.0 Å². The fourth-order valence-corrected chi connectivity index (χ4v) is 6.17. The van der Waals surface area contributed by atoms with E-state index in [4.69, 9.17) is 0 Å². The van der Waals surface area contributed by atoms with Gasteiger partial charge >= 0.3 is 0 Å². The summed E-state index contributed by atoms with van der Waals surface area (Å²) in [6.45, 7) is 0. The highest BCUT2D eigenvalue weighted by molar-refractivity contribution is 7.89. The molecule has 0 aliphatic carbocycles. The highest BCUT2D eigenvalue weighted by Crippen LogP contribution is 2.47. The van der Waals surface area contributed by atoms with Gasteiger partial charge in [0.25, 0.3) is 0 Å². The predicted molar refractivity (Wildman–Crippen MR) is 88.6 cm³/mol. The van der Waals surface area contributed by atoms with Crippen molar-refractivity contribution in [3.05, 3.63) is 48.3 Å². The Labute approximate surface area is 146 Å². The van der Waals surface area contributed by atoms with Crippen LogP contribution < -0.4 is 0 Å². The molecule has 0 saturated carbocycles.